The molecule has 0 amide bonds. The van der Waals surface area contributed by atoms with Crippen LogP contribution < -0.4 is 16.0 Å². The van der Waals surface area contributed by atoms with Crippen molar-refractivity contribution in [2.45, 2.75) is 31.6 Å². The first-order valence-electron chi connectivity index (χ1n) is 9.50. The summed E-state index contributed by atoms with van der Waals surface area (Å²) in [6.45, 7) is 3.64. The van der Waals surface area contributed by atoms with Crippen molar-refractivity contribution >= 4 is 35.1 Å². The first kappa shape index (κ1) is 21.8. The van der Waals surface area contributed by atoms with Crippen molar-refractivity contribution in [2.75, 3.05) is 36.6 Å². The number of hydrogen-bond acceptors (Lipinski definition) is 10. The Hall–Kier alpha value is -2.92. The topological polar surface area (TPSA) is 137 Å². The molecule has 2 heterocycles. The van der Waals surface area contributed by atoms with Gasteiger partial charge in [-0.3, -0.25) is 14.9 Å². The fraction of sp³-hybridized carbons (Fsp3) is 0.421. The molecule has 1 aliphatic heterocycles. The van der Waals surface area contributed by atoms with Gasteiger partial charge in [-0.15, -0.1) is 0 Å². The molecule has 0 bridgehead atoms. The molecule has 3 rings (SSSR count). The van der Waals surface area contributed by atoms with Gasteiger partial charge in [-0.2, -0.15) is 9.97 Å². The second kappa shape index (κ2) is 9.72. The number of rotatable bonds is 8. The molecule has 30 heavy (non-hydrogen) atoms. The number of nitrogen functional groups attached to an aromatic ring is 1. The maximum Gasteiger partial charge on any atom is 0.353 e. The van der Waals surface area contributed by atoms with E-state index in [0.717, 1.165) is 25.1 Å². The van der Waals surface area contributed by atoms with Crippen molar-refractivity contribution in [2.24, 2.45) is 0 Å². The van der Waals surface area contributed by atoms with E-state index in [0.29, 0.717) is 0 Å². The second-order valence-electron chi connectivity index (χ2n) is 6.72. The minimum atomic E-state index is -0.621. The largest absolute Gasteiger partial charge is 0.465 e. The molecule has 0 unspecified atom stereocenters. The molecule has 0 spiro atoms. The van der Waals surface area contributed by atoms with Crippen LogP contribution in [-0.2, 0) is 29.0 Å². The van der Waals surface area contributed by atoms with Crippen LogP contribution in [0.15, 0.2) is 23.4 Å². The van der Waals surface area contributed by atoms with Crippen molar-refractivity contribution in [3.63, 3.8) is 0 Å². The van der Waals surface area contributed by atoms with E-state index in [-0.39, 0.29) is 36.5 Å². The molecule has 1 aromatic heterocycles. The van der Waals surface area contributed by atoms with Crippen LogP contribution >= 0.6 is 11.8 Å². The second-order valence-corrected chi connectivity index (χ2v) is 7.49. The number of aromatic nitrogens is 2. The van der Waals surface area contributed by atoms with Gasteiger partial charge in [-0.05, 0) is 42.8 Å². The number of carbonyl (C=O) groups is 1. The number of nitro groups is 1. The van der Waals surface area contributed by atoms with E-state index in [2.05, 4.69) is 21.4 Å². The standard InChI is InChI=1S/C19H24N6O4S/c1-3-29-15(26)11-24(10-12-4-5-13-6-7-21-9-14(13)8-12)18-16(25(27)28)17(20)22-19(23-18)30-2/h4-5,8,21H,3,6-7,9-11H2,1-2H3,(H2,20,22,23). The average molecular weight is 433 g/mol. The Morgan fingerprint density at radius 2 is 2.20 bits per heavy atom. The molecule has 2 aromatic rings. The predicted octanol–water partition coefficient (Wildman–Crippen LogP) is 1.90. The number of ether oxygens (including phenoxy) is 1. The lowest BCUT2D eigenvalue weighted by Gasteiger charge is -2.24. The molecule has 0 saturated heterocycles. The molecule has 11 heteroatoms. The van der Waals surface area contributed by atoms with Gasteiger partial charge in [0, 0.05) is 13.1 Å². The summed E-state index contributed by atoms with van der Waals surface area (Å²) in [5.74, 6) is -0.743. The highest BCUT2D eigenvalue weighted by molar-refractivity contribution is 7.98. The fourth-order valence-corrected chi connectivity index (χ4v) is 3.71. The van der Waals surface area contributed by atoms with Gasteiger partial charge in [0.25, 0.3) is 0 Å². The Morgan fingerprint density at radius 3 is 2.90 bits per heavy atom. The van der Waals surface area contributed by atoms with Gasteiger partial charge in [0.15, 0.2) is 5.16 Å². The van der Waals surface area contributed by atoms with Gasteiger partial charge < -0.3 is 20.7 Å². The quantitative estimate of drug-likeness (QED) is 0.209. The van der Waals surface area contributed by atoms with Crippen molar-refractivity contribution < 1.29 is 14.5 Å². The monoisotopic (exact) mass is 432 g/mol. The summed E-state index contributed by atoms with van der Waals surface area (Å²) >= 11 is 1.21. The van der Waals surface area contributed by atoms with Gasteiger partial charge in [-0.25, -0.2) is 0 Å². The van der Waals surface area contributed by atoms with Crippen LogP contribution in [0.25, 0.3) is 0 Å². The maximum atomic E-state index is 12.2. The summed E-state index contributed by atoms with van der Waals surface area (Å²) < 4.78 is 5.07. The molecule has 1 aliphatic rings. The van der Waals surface area contributed by atoms with Crippen molar-refractivity contribution in [3.05, 3.63) is 45.0 Å². The Morgan fingerprint density at radius 1 is 1.40 bits per heavy atom. The molecular formula is C19H24N6O4S. The molecule has 0 saturated carbocycles. The van der Waals surface area contributed by atoms with E-state index in [1.165, 1.54) is 27.8 Å². The smallest absolute Gasteiger partial charge is 0.353 e. The Kier molecular flexibility index (Phi) is 7.06. The highest BCUT2D eigenvalue weighted by Crippen LogP contribution is 2.33. The van der Waals surface area contributed by atoms with Crippen LogP contribution in [0.3, 0.4) is 0 Å². The summed E-state index contributed by atoms with van der Waals surface area (Å²) in [5, 5.41) is 15.3. The van der Waals surface area contributed by atoms with E-state index in [9.17, 15) is 14.9 Å². The molecule has 0 aliphatic carbocycles. The number of anilines is 2. The zero-order valence-electron chi connectivity index (χ0n) is 16.9. The van der Waals surface area contributed by atoms with Crippen LogP contribution in [-0.4, -0.2) is 46.8 Å². The van der Waals surface area contributed by atoms with Crippen LogP contribution in [0.1, 0.15) is 23.6 Å². The van der Waals surface area contributed by atoms with E-state index in [4.69, 9.17) is 10.5 Å². The van der Waals surface area contributed by atoms with Crippen molar-refractivity contribution in [1.29, 1.82) is 0 Å². The van der Waals surface area contributed by atoms with E-state index < -0.39 is 16.6 Å². The number of esters is 1. The normalized spacial score (nSPS) is 12.9. The van der Waals surface area contributed by atoms with Crippen LogP contribution in [0.2, 0.25) is 0 Å². The van der Waals surface area contributed by atoms with Crippen LogP contribution in [0.4, 0.5) is 17.3 Å². The summed E-state index contributed by atoms with van der Waals surface area (Å²) in [5.41, 5.74) is 8.79. The minimum absolute atomic E-state index is 0.000693. The number of thioether (sulfide) groups is 1. The molecule has 3 N–H and O–H groups in total. The number of hydrogen-bond donors (Lipinski definition) is 2. The lowest BCUT2D eigenvalue weighted by atomic mass is 9.98. The van der Waals surface area contributed by atoms with Gasteiger partial charge >= 0.3 is 11.7 Å². The molecule has 0 fully saturated rings. The minimum Gasteiger partial charge on any atom is -0.465 e. The number of carbonyl (C=O) groups excluding carboxylic acids is 1. The fourth-order valence-electron chi connectivity index (χ4n) is 3.35. The number of nitrogens with two attached hydrogens (primary N) is 1. The van der Waals surface area contributed by atoms with Crippen LogP contribution in [0, 0.1) is 10.1 Å². The van der Waals surface area contributed by atoms with Gasteiger partial charge in [-0.1, -0.05) is 30.0 Å². The Bertz CT molecular complexity index is 955. The van der Waals surface area contributed by atoms with E-state index in [1.54, 1.807) is 13.2 Å². The first-order chi connectivity index (χ1) is 14.4. The molecule has 160 valence electrons. The van der Waals surface area contributed by atoms with Gasteiger partial charge in [0.2, 0.25) is 11.6 Å². The summed E-state index contributed by atoms with van der Waals surface area (Å²) in [6, 6.07) is 6.07. The third-order valence-corrected chi connectivity index (χ3v) is 5.24. The lowest BCUT2D eigenvalue weighted by molar-refractivity contribution is -0.383. The molecule has 10 nitrogen and oxygen atoms in total. The van der Waals surface area contributed by atoms with E-state index in [1.807, 2.05) is 12.1 Å². The number of fused-ring (bicyclic) bond motifs is 1. The first-order valence-corrected chi connectivity index (χ1v) is 10.7. The SMILES string of the molecule is CCOC(=O)CN(Cc1ccc2c(c1)CNCC2)c1nc(SC)nc(N)c1[N+](=O)[O-]. The third-order valence-electron chi connectivity index (χ3n) is 4.69. The number of nitrogens with one attached hydrogen (secondary N) is 1. The third kappa shape index (κ3) is 4.97. The summed E-state index contributed by atoms with van der Waals surface area (Å²) in [6.07, 6.45) is 2.70. The zero-order chi connectivity index (χ0) is 21.7. The molecule has 0 radical (unpaired) electrons. The summed E-state index contributed by atoms with van der Waals surface area (Å²) in [4.78, 5) is 33.1. The molecular weight excluding hydrogens is 408 g/mol. The van der Waals surface area contributed by atoms with Gasteiger partial charge in [0.05, 0.1) is 11.5 Å². The zero-order valence-corrected chi connectivity index (χ0v) is 17.7. The molecule has 1 aromatic carbocycles. The van der Waals surface area contributed by atoms with E-state index >= 15 is 0 Å². The maximum absolute atomic E-state index is 12.2. The van der Waals surface area contributed by atoms with Crippen molar-refractivity contribution in [3.8, 4) is 0 Å². The Labute approximate surface area is 178 Å². The van der Waals surface area contributed by atoms with Gasteiger partial charge in [0.1, 0.15) is 6.54 Å². The van der Waals surface area contributed by atoms with Crippen molar-refractivity contribution in [1.82, 2.24) is 15.3 Å². The van der Waals surface area contributed by atoms with Crippen LogP contribution in [0.5, 0.6) is 0 Å². The predicted molar refractivity (Wildman–Crippen MR) is 114 cm³/mol. The highest BCUT2D eigenvalue weighted by Gasteiger charge is 2.29. The summed E-state index contributed by atoms with van der Waals surface area (Å²) in [7, 11) is 0. The molecule has 0 atom stereocenters. The highest BCUT2D eigenvalue weighted by atomic mass is 32.2. The number of benzene rings is 1. The Balaban J connectivity index is 2.02. The lowest BCUT2D eigenvalue weighted by Crippen LogP contribution is -2.32. The number of nitrogens with zero attached hydrogens (tertiary/aromatic N) is 4. The average Bonchev–Trinajstić information content (AvgIpc) is 2.72.